The summed E-state index contributed by atoms with van der Waals surface area (Å²) < 4.78 is 13.0. The molecule has 1 aromatic rings. The average molecular weight is 280 g/mol. The molecular formula is C8H6FIO2. The standard InChI is InChI=1S/C8H6FIO2/c1-4(11)6-2-5(9)3-7(12)8(6)10/h2-3,12H,1H3. The Morgan fingerprint density at radius 1 is 1.58 bits per heavy atom. The molecule has 0 unspecified atom stereocenters. The van der Waals surface area contributed by atoms with Crippen LogP contribution in [-0.2, 0) is 0 Å². The van der Waals surface area contributed by atoms with Gasteiger partial charge in [-0.2, -0.15) is 0 Å². The highest BCUT2D eigenvalue weighted by atomic mass is 127. The van der Waals surface area contributed by atoms with Gasteiger partial charge in [-0.3, -0.25) is 4.79 Å². The fraction of sp³-hybridized carbons (Fsp3) is 0.125. The molecule has 0 saturated carbocycles. The Bertz CT molecular complexity index is 336. The van der Waals surface area contributed by atoms with Gasteiger partial charge in [-0.25, -0.2) is 4.39 Å². The van der Waals surface area contributed by atoms with Gasteiger partial charge in [0.05, 0.1) is 3.57 Å². The molecule has 1 rings (SSSR count). The van der Waals surface area contributed by atoms with E-state index in [-0.39, 0.29) is 17.1 Å². The number of carbonyl (C=O) groups excluding carboxylic acids is 1. The van der Waals surface area contributed by atoms with Crippen LogP contribution in [-0.4, -0.2) is 10.9 Å². The zero-order valence-electron chi connectivity index (χ0n) is 6.27. The summed E-state index contributed by atoms with van der Waals surface area (Å²) in [6.45, 7) is 1.33. The van der Waals surface area contributed by atoms with Gasteiger partial charge in [-0.15, -0.1) is 0 Å². The van der Waals surface area contributed by atoms with Gasteiger partial charge in [-0.05, 0) is 35.6 Å². The molecule has 0 amide bonds. The first-order chi connectivity index (χ1) is 5.52. The van der Waals surface area contributed by atoms with Crippen molar-refractivity contribution in [2.75, 3.05) is 0 Å². The van der Waals surface area contributed by atoms with Gasteiger partial charge in [0.1, 0.15) is 11.6 Å². The third-order valence-corrected chi connectivity index (χ3v) is 2.53. The van der Waals surface area contributed by atoms with Crippen LogP contribution < -0.4 is 0 Å². The monoisotopic (exact) mass is 280 g/mol. The largest absolute Gasteiger partial charge is 0.507 e. The quantitative estimate of drug-likeness (QED) is 0.633. The van der Waals surface area contributed by atoms with Crippen molar-refractivity contribution in [3.05, 3.63) is 27.1 Å². The number of hydrogen-bond acceptors (Lipinski definition) is 2. The number of phenols is 1. The summed E-state index contributed by atoms with van der Waals surface area (Å²) in [4.78, 5) is 10.9. The second-order valence-corrected chi connectivity index (χ2v) is 3.42. The predicted molar refractivity (Wildman–Crippen MR) is 50.8 cm³/mol. The molecule has 12 heavy (non-hydrogen) atoms. The maximum absolute atomic E-state index is 12.7. The number of benzene rings is 1. The van der Waals surface area contributed by atoms with Crippen LogP contribution >= 0.6 is 22.6 Å². The average Bonchev–Trinajstić information content (AvgIpc) is 1.96. The fourth-order valence-corrected chi connectivity index (χ4v) is 1.52. The number of halogens is 2. The first-order valence-corrected chi connectivity index (χ1v) is 4.29. The lowest BCUT2D eigenvalue weighted by Crippen LogP contribution is -1.97. The summed E-state index contributed by atoms with van der Waals surface area (Å²) in [5.74, 6) is -1.05. The van der Waals surface area contributed by atoms with E-state index in [0.717, 1.165) is 12.1 Å². The van der Waals surface area contributed by atoms with Gasteiger partial charge in [-0.1, -0.05) is 0 Å². The molecule has 0 aromatic heterocycles. The Labute approximate surface area is 82.5 Å². The molecule has 0 heterocycles. The SMILES string of the molecule is CC(=O)c1cc(F)cc(O)c1I. The van der Waals surface area contributed by atoms with Crippen molar-refractivity contribution in [2.45, 2.75) is 6.92 Å². The third kappa shape index (κ3) is 1.74. The Hall–Kier alpha value is -0.650. The third-order valence-electron chi connectivity index (χ3n) is 1.40. The highest BCUT2D eigenvalue weighted by Crippen LogP contribution is 2.24. The highest BCUT2D eigenvalue weighted by Gasteiger charge is 2.10. The second-order valence-electron chi connectivity index (χ2n) is 2.34. The maximum atomic E-state index is 12.7. The Kier molecular flexibility index (Phi) is 2.66. The molecule has 0 fully saturated rings. The summed E-state index contributed by atoms with van der Waals surface area (Å²) in [5, 5.41) is 9.13. The van der Waals surface area contributed by atoms with Crippen molar-refractivity contribution in [2.24, 2.45) is 0 Å². The summed E-state index contributed by atoms with van der Waals surface area (Å²) in [5.41, 5.74) is 0.216. The molecular weight excluding hydrogens is 274 g/mol. The van der Waals surface area contributed by atoms with Crippen LogP contribution in [0, 0.1) is 9.39 Å². The van der Waals surface area contributed by atoms with E-state index in [4.69, 9.17) is 5.11 Å². The molecule has 0 saturated heterocycles. The number of Topliss-reactive ketones (excluding diaryl/α,β-unsaturated/α-hetero) is 1. The molecule has 0 atom stereocenters. The van der Waals surface area contributed by atoms with E-state index in [9.17, 15) is 9.18 Å². The minimum absolute atomic E-state index is 0.194. The van der Waals surface area contributed by atoms with Crippen LogP contribution in [0.3, 0.4) is 0 Å². The molecule has 4 heteroatoms. The lowest BCUT2D eigenvalue weighted by atomic mass is 10.1. The van der Waals surface area contributed by atoms with Gasteiger partial charge in [0, 0.05) is 11.6 Å². The first kappa shape index (κ1) is 9.44. The van der Waals surface area contributed by atoms with Crippen LogP contribution in [0.4, 0.5) is 4.39 Å². The van der Waals surface area contributed by atoms with Crippen LogP contribution in [0.25, 0.3) is 0 Å². The highest BCUT2D eigenvalue weighted by molar-refractivity contribution is 14.1. The van der Waals surface area contributed by atoms with Gasteiger partial charge in [0.2, 0.25) is 0 Å². The molecule has 0 aliphatic rings. The molecule has 64 valence electrons. The van der Waals surface area contributed by atoms with E-state index >= 15 is 0 Å². The fourth-order valence-electron chi connectivity index (χ4n) is 0.831. The summed E-state index contributed by atoms with van der Waals surface area (Å²) >= 11 is 1.80. The summed E-state index contributed by atoms with van der Waals surface area (Å²) in [6.07, 6.45) is 0. The Morgan fingerprint density at radius 3 is 2.67 bits per heavy atom. The van der Waals surface area contributed by atoms with Gasteiger partial charge >= 0.3 is 0 Å². The second kappa shape index (κ2) is 3.38. The number of phenolic OH excluding ortho intramolecular Hbond substituents is 1. The molecule has 1 aromatic carbocycles. The zero-order chi connectivity index (χ0) is 9.30. The van der Waals surface area contributed by atoms with Crippen molar-refractivity contribution < 1.29 is 14.3 Å². The summed E-state index contributed by atoms with van der Waals surface area (Å²) in [7, 11) is 0. The van der Waals surface area contributed by atoms with Crippen molar-refractivity contribution in [1.29, 1.82) is 0 Å². The Morgan fingerprint density at radius 2 is 2.17 bits per heavy atom. The number of rotatable bonds is 1. The lowest BCUT2D eigenvalue weighted by molar-refractivity contribution is 0.101. The van der Waals surface area contributed by atoms with Crippen molar-refractivity contribution in [3.8, 4) is 5.75 Å². The Balaban J connectivity index is 3.37. The van der Waals surface area contributed by atoms with Gasteiger partial charge in [0.25, 0.3) is 0 Å². The van der Waals surface area contributed by atoms with Crippen molar-refractivity contribution in [3.63, 3.8) is 0 Å². The van der Waals surface area contributed by atoms with E-state index < -0.39 is 5.82 Å². The smallest absolute Gasteiger partial charge is 0.161 e. The molecule has 0 aliphatic heterocycles. The van der Waals surface area contributed by atoms with Crippen LogP contribution in [0.15, 0.2) is 12.1 Å². The van der Waals surface area contributed by atoms with E-state index in [2.05, 4.69) is 0 Å². The topological polar surface area (TPSA) is 37.3 Å². The van der Waals surface area contributed by atoms with Gasteiger partial charge in [0.15, 0.2) is 5.78 Å². The normalized spacial score (nSPS) is 9.92. The van der Waals surface area contributed by atoms with E-state index in [0.29, 0.717) is 3.57 Å². The van der Waals surface area contributed by atoms with Crippen LogP contribution in [0.1, 0.15) is 17.3 Å². The van der Waals surface area contributed by atoms with Crippen LogP contribution in [0.5, 0.6) is 5.75 Å². The first-order valence-electron chi connectivity index (χ1n) is 3.21. The van der Waals surface area contributed by atoms with E-state index in [1.54, 1.807) is 22.6 Å². The molecule has 2 nitrogen and oxygen atoms in total. The molecule has 0 aliphatic carbocycles. The molecule has 0 bridgehead atoms. The van der Waals surface area contributed by atoms with Crippen molar-refractivity contribution in [1.82, 2.24) is 0 Å². The zero-order valence-corrected chi connectivity index (χ0v) is 8.42. The van der Waals surface area contributed by atoms with Crippen molar-refractivity contribution >= 4 is 28.4 Å². The van der Waals surface area contributed by atoms with E-state index in [1.165, 1.54) is 6.92 Å². The minimum atomic E-state index is -0.599. The summed E-state index contributed by atoms with van der Waals surface area (Å²) in [6, 6.07) is 2.10. The van der Waals surface area contributed by atoms with Crippen LogP contribution in [0.2, 0.25) is 0 Å². The maximum Gasteiger partial charge on any atom is 0.161 e. The predicted octanol–water partition coefficient (Wildman–Crippen LogP) is 2.34. The molecule has 0 radical (unpaired) electrons. The van der Waals surface area contributed by atoms with Gasteiger partial charge < -0.3 is 5.11 Å². The minimum Gasteiger partial charge on any atom is -0.507 e. The van der Waals surface area contributed by atoms with E-state index in [1.807, 2.05) is 0 Å². The number of aromatic hydroxyl groups is 1. The molecule has 1 N–H and O–H groups in total. The lowest BCUT2D eigenvalue weighted by Gasteiger charge is -2.02. The number of hydrogen-bond donors (Lipinski definition) is 1. The number of ketones is 1. The molecule has 0 spiro atoms. The number of carbonyl (C=O) groups is 1.